The van der Waals surface area contributed by atoms with Crippen LogP contribution in [0.25, 0.3) is 0 Å². The highest BCUT2D eigenvalue weighted by Gasteiger charge is 2.34. The third-order valence-electron chi connectivity index (χ3n) is 11.9. The summed E-state index contributed by atoms with van der Waals surface area (Å²) in [6, 6.07) is 0. The van der Waals surface area contributed by atoms with Crippen molar-refractivity contribution in [2.75, 3.05) is 26.2 Å². The van der Waals surface area contributed by atoms with Crippen LogP contribution in [0, 0.1) is 17.8 Å². The van der Waals surface area contributed by atoms with E-state index in [0.717, 1.165) is 76.5 Å². The second kappa shape index (κ2) is 27.4. The molecule has 6 rings (SSSR count). The molecule has 0 bridgehead atoms. The minimum Gasteiger partial charge on any atom is -0.460 e. The summed E-state index contributed by atoms with van der Waals surface area (Å²) in [5, 5.41) is 7.81. The molecule has 2 aliphatic carbocycles. The van der Waals surface area contributed by atoms with Gasteiger partial charge in [0.2, 0.25) is 11.8 Å². The average molecular weight is 913 g/mol. The maximum atomic E-state index is 12.5. The molecule has 2 aliphatic heterocycles. The van der Waals surface area contributed by atoms with Crippen molar-refractivity contribution in [2.24, 2.45) is 17.8 Å². The summed E-state index contributed by atoms with van der Waals surface area (Å²) in [5.41, 5.74) is -1.06. The van der Waals surface area contributed by atoms with Crippen LogP contribution in [0.15, 0.2) is 9.05 Å². The fourth-order valence-electron chi connectivity index (χ4n) is 8.69. The smallest absolute Gasteiger partial charge is 0.373 e. The quantitative estimate of drug-likeness (QED) is 0.145. The first-order valence-electron chi connectivity index (χ1n) is 23.5. The van der Waals surface area contributed by atoms with E-state index in [1.165, 1.54) is 70.6 Å². The van der Waals surface area contributed by atoms with Crippen molar-refractivity contribution in [3.05, 3.63) is 23.4 Å². The number of rotatable bonds is 16. The van der Waals surface area contributed by atoms with Crippen LogP contribution in [0.1, 0.15) is 215 Å². The molecule has 0 N–H and O–H groups in total. The van der Waals surface area contributed by atoms with Crippen molar-refractivity contribution < 1.29 is 56.9 Å². The maximum Gasteiger partial charge on any atom is 0.373 e. The number of likely N-dealkylation sites (tertiary alicyclic amines) is 2. The number of carbonyl (C=O) groups is 4. The molecule has 4 fully saturated rings. The zero-order valence-corrected chi connectivity index (χ0v) is 39.7. The largest absolute Gasteiger partial charge is 0.460 e. The molecule has 2 aromatic rings. The summed E-state index contributed by atoms with van der Waals surface area (Å²) in [4.78, 5) is 94.4. The SMILES string of the molecule is CC(C)(C)OC(=O)C[C@@H](CCCC1CCCCC1)c1nc(C(=O)N2CCC2)no1.CC1CN(C(=O)c2noc([C@H](CCCC3CCCCC3)CC(=O)OC(C)(C)C)n2)C1.O=C=O.O=C=O. The molecule has 4 heterocycles. The van der Waals surface area contributed by atoms with E-state index in [2.05, 4.69) is 27.2 Å². The van der Waals surface area contributed by atoms with Crippen molar-refractivity contribution in [1.82, 2.24) is 30.1 Å². The molecule has 0 radical (unpaired) electrons. The number of amides is 2. The Labute approximate surface area is 383 Å². The highest BCUT2D eigenvalue weighted by Crippen LogP contribution is 2.33. The van der Waals surface area contributed by atoms with Crippen molar-refractivity contribution in [3.8, 4) is 0 Å². The summed E-state index contributed by atoms with van der Waals surface area (Å²) in [6.45, 7) is 16.2. The number of hydrogen-bond acceptors (Lipinski definition) is 16. The number of nitrogens with zero attached hydrogens (tertiary/aromatic N) is 6. The van der Waals surface area contributed by atoms with Crippen molar-refractivity contribution in [1.29, 1.82) is 0 Å². The molecule has 2 saturated carbocycles. The van der Waals surface area contributed by atoms with Crippen LogP contribution in [0.2, 0.25) is 0 Å². The van der Waals surface area contributed by atoms with E-state index < -0.39 is 11.2 Å². The van der Waals surface area contributed by atoms with Gasteiger partial charge in [0.05, 0.1) is 12.8 Å². The van der Waals surface area contributed by atoms with Gasteiger partial charge in [0, 0.05) is 38.0 Å². The summed E-state index contributed by atoms with van der Waals surface area (Å²) in [6.07, 6.45) is 21.1. The van der Waals surface area contributed by atoms with Crippen LogP contribution in [0.4, 0.5) is 0 Å². The molecule has 2 amide bonds. The van der Waals surface area contributed by atoms with Crippen LogP contribution in [-0.2, 0) is 38.2 Å². The average Bonchev–Trinajstić information content (AvgIpc) is 3.90. The van der Waals surface area contributed by atoms with E-state index in [1.54, 1.807) is 9.80 Å². The third-order valence-corrected chi connectivity index (χ3v) is 11.9. The lowest BCUT2D eigenvalue weighted by molar-refractivity contribution is -0.193. The molecule has 2 atom stereocenters. The Bertz CT molecular complexity index is 1820. The summed E-state index contributed by atoms with van der Waals surface area (Å²) in [7, 11) is 0. The van der Waals surface area contributed by atoms with Gasteiger partial charge in [0.25, 0.3) is 23.5 Å². The molecule has 65 heavy (non-hydrogen) atoms. The van der Waals surface area contributed by atoms with Gasteiger partial charge in [-0.1, -0.05) is 107 Å². The molecular formula is C47H72N6O12. The first kappa shape index (κ1) is 54.3. The molecule has 2 saturated heterocycles. The van der Waals surface area contributed by atoms with Crippen molar-refractivity contribution in [3.63, 3.8) is 0 Å². The van der Waals surface area contributed by atoms with E-state index in [4.69, 9.17) is 37.7 Å². The minimum atomic E-state index is -0.534. The van der Waals surface area contributed by atoms with Gasteiger partial charge in [-0.3, -0.25) is 19.2 Å². The molecule has 4 aliphatic rings. The van der Waals surface area contributed by atoms with Crippen LogP contribution < -0.4 is 0 Å². The van der Waals surface area contributed by atoms with E-state index in [-0.39, 0.29) is 72.4 Å². The lowest BCUT2D eigenvalue weighted by Crippen LogP contribution is -2.48. The topological polar surface area (TPSA) is 239 Å². The highest BCUT2D eigenvalue weighted by atomic mass is 16.6. The Morgan fingerprint density at radius 1 is 0.615 bits per heavy atom. The fourth-order valence-corrected chi connectivity index (χ4v) is 8.69. The molecule has 0 unspecified atom stereocenters. The maximum absolute atomic E-state index is 12.5. The standard InChI is InChI=1S/C23H37N3O4.C22H35N3O4.2CO2/c1-16-14-26(15-16)22(28)20-24-21(30-25-20)18(13-19(27)29-23(2,3)4)12-8-11-17-9-6-5-7-10-17;1-22(2,3)28-18(26)15-17(12-7-11-16-9-5-4-6-10-16)20-23-19(24-29-20)21(27)25-13-8-14-25;2*2-1-3/h16-18H,5-15H2,1-4H3;16-17H,4-15H2,1-3H3;;/t18-;17-;;/m11../s1. The monoisotopic (exact) mass is 913 g/mol. The van der Waals surface area contributed by atoms with Gasteiger partial charge in [-0.15, -0.1) is 0 Å². The molecule has 18 heteroatoms. The molecule has 0 aromatic carbocycles. The Kier molecular flexibility index (Phi) is 22.9. The minimum absolute atomic E-state index is 0.0957. The summed E-state index contributed by atoms with van der Waals surface area (Å²) in [5.74, 6) is 1.69. The van der Waals surface area contributed by atoms with Crippen LogP contribution in [0.3, 0.4) is 0 Å². The van der Waals surface area contributed by atoms with Gasteiger partial charge in [0.15, 0.2) is 0 Å². The van der Waals surface area contributed by atoms with Crippen molar-refractivity contribution >= 4 is 36.1 Å². The molecule has 2 aromatic heterocycles. The van der Waals surface area contributed by atoms with Crippen LogP contribution in [0.5, 0.6) is 0 Å². The van der Waals surface area contributed by atoms with Crippen molar-refractivity contribution in [2.45, 2.75) is 193 Å². The van der Waals surface area contributed by atoms with E-state index in [1.807, 2.05) is 41.5 Å². The molecule has 0 spiro atoms. The Morgan fingerprint density at radius 3 is 1.31 bits per heavy atom. The van der Waals surface area contributed by atoms with E-state index >= 15 is 0 Å². The van der Waals surface area contributed by atoms with E-state index in [9.17, 15) is 19.2 Å². The first-order valence-corrected chi connectivity index (χ1v) is 23.5. The predicted octanol–water partition coefficient (Wildman–Crippen LogP) is 8.04. The van der Waals surface area contributed by atoms with Gasteiger partial charge in [0.1, 0.15) is 11.2 Å². The van der Waals surface area contributed by atoms with Gasteiger partial charge in [-0.2, -0.15) is 29.1 Å². The second-order valence-corrected chi connectivity index (χ2v) is 19.9. The predicted molar refractivity (Wildman–Crippen MR) is 231 cm³/mol. The molecular weight excluding hydrogens is 841 g/mol. The first-order chi connectivity index (χ1) is 30.9. The van der Waals surface area contributed by atoms with Crippen LogP contribution in [-0.4, -0.2) is 104 Å². The second-order valence-electron chi connectivity index (χ2n) is 19.9. The van der Waals surface area contributed by atoms with Crippen LogP contribution >= 0.6 is 0 Å². The molecule has 18 nitrogen and oxygen atoms in total. The van der Waals surface area contributed by atoms with Gasteiger partial charge < -0.3 is 28.3 Å². The van der Waals surface area contributed by atoms with E-state index in [0.29, 0.717) is 17.7 Å². The number of esters is 2. The number of aromatic nitrogens is 4. The number of ether oxygens (including phenoxy) is 2. The highest BCUT2D eigenvalue weighted by molar-refractivity contribution is 5.91. The Morgan fingerprint density at radius 2 is 0.985 bits per heavy atom. The molecule has 362 valence electrons. The van der Waals surface area contributed by atoms with Gasteiger partial charge in [-0.25, -0.2) is 0 Å². The van der Waals surface area contributed by atoms with Gasteiger partial charge in [-0.05, 0) is 78.6 Å². The number of carbonyl (C=O) groups excluding carboxylic acids is 8. The zero-order valence-electron chi connectivity index (χ0n) is 39.7. The fraction of sp³-hybridized carbons (Fsp3) is 0.787. The Balaban J connectivity index is 0.000000308. The van der Waals surface area contributed by atoms with Gasteiger partial charge >= 0.3 is 24.2 Å². The third kappa shape index (κ3) is 20.3. The Hall–Kier alpha value is -5.08. The normalized spacial score (nSPS) is 17.6. The number of hydrogen-bond donors (Lipinski definition) is 0. The summed E-state index contributed by atoms with van der Waals surface area (Å²) < 4.78 is 21.9. The summed E-state index contributed by atoms with van der Waals surface area (Å²) >= 11 is 0. The lowest BCUT2D eigenvalue weighted by Gasteiger charge is -2.36. The zero-order chi connectivity index (χ0) is 48.0. The lowest BCUT2D eigenvalue weighted by atomic mass is 9.84.